The van der Waals surface area contributed by atoms with Gasteiger partial charge in [0.05, 0.1) is 0 Å². The Labute approximate surface area is 79.7 Å². The van der Waals surface area contributed by atoms with Gasteiger partial charge in [-0.1, -0.05) is 0 Å². The quantitative estimate of drug-likeness (QED) is 0.503. The van der Waals surface area contributed by atoms with E-state index in [9.17, 15) is 0 Å². The van der Waals surface area contributed by atoms with Gasteiger partial charge in [0.15, 0.2) is 0 Å². The van der Waals surface area contributed by atoms with Crippen LogP contribution in [0.25, 0.3) is 0 Å². The summed E-state index contributed by atoms with van der Waals surface area (Å²) in [5, 5.41) is 0. The van der Waals surface area contributed by atoms with Crippen LogP contribution in [0.2, 0.25) is 0 Å². The fourth-order valence-corrected chi connectivity index (χ4v) is 4.43. The van der Waals surface area contributed by atoms with Crippen LogP contribution in [0.3, 0.4) is 0 Å². The molecular weight excluding hydrogens is 168 g/mol. The van der Waals surface area contributed by atoms with E-state index in [1.54, 1.807) is 32.1 Å². The van der Waals surface area contributed by atoms with Gasteiger partial charge in [-0.25, -0.2) is 0 Å². The molecule has 11 heavy (non-hydrogen) atoms. The van der Waals surface area contributed by atoms with E-state index in [4.69, 9.17) is 0 Å². The third-order valence-electron chi connectivity index (χ3n) is 4.02. The van der Waals surface area contributed by atoms with Crippen molar-refractivity contribution in [3.63, 3.8) is 0 Å². The summed E-state index contributed by atoms with van der Waals surface area (Å²) in [6.07, 6.45) is 7.80. The molecule has 0 atom stereocenters. The normalized spacial score (nSPS) is 53.8. The second kappa shape index (κ2) is 2.29. The zero-order valence-electron chi connectivity index (χ0n) is 6.84. The first-order valence-corrected chi connectivity index (χ1v) is 5.69. The van der Waals surface area contributed by atoms with Gasteiger partial charge in [-0.05, 0) is 0 Å². The van der Waals surface area contributed by atoms with Crippen molar-refractivity contribution in [3.8, 4) is 0 Å². The first-order chi connectivity index (χ1) is 5.33. The second-order valence-corrected chi connectivity index (χ2v) is 5.66. The third-order valence-corrected chi connectivity index (χ3v) is 5.29. The van der Waals surface area contributed by atoms with E-state index in [-0.39, 0.29) is 0 Å². The van der Waals surface area contributed by atoms with Crippen molar-refractivity contribution in [2.24, 2.45) is 23.7 Å². The van der Waals surface area contributed by atoms with Crippen molar-refractivity contribution in [2.45, 2.75) is 32.1 Å². The van der Waals surface area contributed by atoms with Crippen LogP contribution in [0.4, 0.5) is 0 Å². The molecule has 0 aromatic carbocycles. The van der Waals surface area contributed by atoms with Crippen LogP contribution < -0.4 is 0 Å². The van der Waals surface area contributed by atoms with Crippen molar-refractivity contribution < 1.29 is 20.0 Å². The first kappa shape index (κ1) is 7.03. The van der Waals surface area contributed by atoms with Crippen molar-refractivity contribution in [1.82, 2.24) is 0 Å². The van der Waals surface area contributed by atoms with Crippen molar-refractivity contribution in [2.75, 3.05) is 0 Å². The molecule has 0 aliphatic heterocycles. The minimum absolute atomic E-state index is 1.06. The van der Waals surface area contributed by atoms with E-state index in [0.29, 0.717) is 0 Å². The van der Waals surface area contributed by atoms with Gasteiger partial charge in [-0.3, -0.25) is 0 Å². The molecule has 56 valence electrons. The number of hydrogen-bond donors (Lipinski definition) is 0. The molecule has 4 saturated carbocycles. The van der Waals surface area contributed by atoms with Crippen LogP contribution in [0, 0.1) is 23.7 Å². The van der Waals surface area contributed by atoms with Crippen LogP contribution in [0.1, 0.15) is 32.1 Å². The van der Waals surface area contributed by atoms with Gasteiger partial charge in [0.1, 0.15) is 0 Å². The monoisotopic (exact) mass is 182 g/mol. The summed E-state index contributed by atoms with van der Waals surface area (Å²) in [5.74, 6) is 4.40. The van der Waals surface area contributed by atoms with E-state index in [1.165, 1.54) is 0 Å². The molecule has 0 aromatic rings. The van der Waals surface area contributed by atoms with Gasteiger partial charge < -0.3 is 0 Å². The summed E-state index contributed by atoms with van der Waals surface area (Å²) in [6, 6.07) is 0. The Morgan fingerprint density at radius 3 is 1.73 bits per heavy atom. The Morgan fingerprint density at radius 1 is 0.818 bits per heavy atom. The molecule has 1 heteroatoms. The fraction of sp³-hybridized carbons (Fsp3) is 0.900. The maximum atomic E-state index is 2.42. The van der Waals surface area contributed by atoms with Crippen LogP contribution in [0.15, 0.2) is 0 Å². The van der Waals surface area contributed by atoms with Gasteiger partial charge in [0.2, 0.25) is 0 Å². The Hall–Kier alpha value is 0.584. The summed E-state index contributed by atoms with van der Waals surface area (Å²) >= 11 is 2.42. The predicted molar refractivity (Wildman–Crippen MR) is 42.1 cm³/mol. The van der Waals surface area contributed by atoms with E-state index in [2.05, 4.69) is 20.0 Å². The standard InChI is InChI=1S/C10H14.Ti/c1-7-2-9-4-8(1)5-10(3-7)6-9;/h7-10H,1-5H2;/q;+2. The summed E-state index contributed by atoms with van der Waals surface area (Å²) in [5.41, 5.74) is 0. The first-order valence-electron chi connectivity index (χ1n) is 4.91. The Bertz CT molecular complexity index is 177. The molecule has 0 heterocycles. The molecule has 0 amide bonds. The Balaban J connectivity index is 1.96. The zero-order valence-corrected chi connectivity index (χ0v) is 8.41. The predicted octanol–water partition coefficient (Wildman–Crippen LogP) is 2.16. The SMILES string of the molecule is [Ti+2]=[C]1C2CC3CC(C2)CC1C3. The minimum atomic E-state index is 1.06. The second-order valence-electron chi connectivity index (χ2n) is 4.76. The maximum absolute atomic E-state index is 2.42. The average Bonchev–Trinajstić information content (AvgIpc) is 1.98. The van der Waals surface area contributed by atoms with Gasteiger partial charge in [-0.15, -0.1) is 0 Å². The molecule has 4 aliphatic carbocycles. The van der Waals surface area contributed by atoms with E-state index in [0.717, 1.165) is 23.7 Å². The van der Waals surface area contributed by atoms with Crippen LogP contribution >= 0.6 is 0 Å². The van der Waals surface area contributed by atoms with E-state index >= 15 is 0 Å². The molecule has 0 radical (unpaired) electrons. The molecule has 0 spiro atoms. The van der Waals surface area contributed by atoms with E-state index < -0.39 is 0 Å². The zero-order chi connectivity index (χ0) is 7.42. The Morgan fingerprint density at radius 2 is 1.27 bits per heavy atom. The van der Waals surface area contributed by atoms with Gasteiger partial charge in [0, 0.05) is 0 Å². The summed E-state index contributed by atoms with van der Waals surface area (Å²) in [4.78, 5) is 0. The van der Waals surface area contributed by atoms with Gasteiger partial charge in [0.25, 0.3) is 0 Å². The molecule has 4 bridgehead atoms. The molecule has 0 N–H and O–H groups in total. The number of hydrogen-bond acceptors (Lipinski definition) is 0. The van der Waals surface area contributed by atoms with Gasteiger partial charge >= 0.3 is 79.6 Å². The third kappa shape index (κ3) is 0.955. The summed E-state index contributed by atoms with van der Waals surface area (Å²) in [6.45, 7) is 0. The molecule has 0 aromatic heterocycles. The van der Waals surface area contributed by atoms with Gasteiger partial charge in [-0.2, -0.15) is 0 Å². The number of rotatable bonds is 0. The summed E-state index contributed by atoms with van der Waals surface area (Å²) < 4.78 is 1.87. The molecule has 0 nitrogen and oxygen atoms in total. The van der Waals surface area contributed by atoms with Crippen LogP contribution in [-0.4, -0.2) is 3.81 Å². The molecular formula is C10H14Ti+2. The van der Waals surface area contributed by atoms with Crippen molar-refractivity contribution >= 4 is 3.81 Å². The van der Waals surface area contributed by atoms with Crippen LogP contribution in [0.5, 0.6) is 0 Å². The van der Waals surface area contributed by atoms with Crippen molar-refractivity contribution in [3.05, 3.63) is 0 Å². The molecule has 0 unspecified atom stereocenters. The van der Waals surface area contributed by atoms with Crippen LogP contribution in [-0.2, 0) is 20.0 Å². The Kier molecular flexibility index (Phi) is 1.47. The topological polar surface area (TPSA) is 0 Å². The average molecular weight is 182 g/mol. The fourth-order valence-electron chi connectivity index (χ4n) is 3.69. The van der Waals surface area contributed by atoms with E-state index in [1.807, 2.05) is 3.81 Å². The molecule has 4 rings (SSSR count). The molecule has 4 aliphatic rings. The van der Waals surface area contributed by atoms with Crippen molar-refractivity contribution in [1.29, 1.82) is 0 Å². The molecule has 4 fully saturated rings. The molecule has 0 saturated heterocycles. The summed E-state index contributed by atoms with van der Waals surface area (Å²) in [7, 11) is 0.